The molecular weight excluding hydrogens is 340 g/mol. The van der Waals surface area contributed by atoms with Crippen LogP contribution >= 0.6 is 0 Å². The van der Waals surface area contributed by atoms with E-state index in [0.29, 0.717) is 19.0 Å². The van der Waals surface area contributed by atoms with Gasteiger partial charge in [-0.05, 0) is 26.7 Å². The van der Waals surface area contributed by atoms with Crippen molar-refractivity contribution in [2.45, 2.75) is 51.9 Å². The minimum Gasteiger partial charge on any atom is -0.353 e. The minimum absolute atomic E-state index is 0.111. The van der Waals surface area contributed by atoms with Crippen molar-refractivity contribution in [3.05, 3.63) is 35.0 Å². The largest absolute Gasteiger partial charge is 0.353 e. The third-order valence-electron chi connectivity index (χ3n) is 6.09. The van der Waals surface area contributed by atoms with Crippen LogP contribution in [0.25, 0.3) is 0 Å². The van der Waals surface area contributed by atoms with Gasteiger partial charge in [-0.2, -0.15) is 5.10 Å². The number of hydrogen-bond acceptors (Lipinski definition) is 5. The highest BCUT2D eigenvalue weighted by Crippen LogP contribution is 2.33. The van der Waals surface area contributed by atoms with Crippen LogP contribution in [-0.2, 0) is 0 Å². The molecule has 1 aliphatic heterocycles. The van der Waals surface area contributed by atoms with Crippen LogP contribution in [0.5, 0.6) is 0 Å². The summed E-state index contributed by atoms with van der Waals surface area (Å²) in [7, 11) is 0. The molecular formula is C20H28N6O. The topological polar surface area (TPSA) is 78.0 Å². The smallest absolute Gasteiger partial charge is 0.257 e. The maximum atomic E-state index is 13.1. The molecule has 0 atom stereocenters. The Bertz CT molecular complexity index is 803. The Kier molecular flexibility index (Phi) is 5.09. The Hall–Kier alpha value is -2.44. The first-order valence-corrected chi connectivity index (χ1v) is 10.0. The first kappa shape index (κ1) is 17.9. The molecule has 1 N–H and O–H groups in total. The number of carbonyl (C=O) groups excluding carboxylic acids is 1. The highest BCUT2D eigenvalue weighted by Gasteiger charge is 2.29. The summed E-state index contributed by atoms with van der Waals surface area (Å²) in [4.78, 5) is 26.0. The number of hydrogen-bond donors (Lipinski definition) is 1. The molecule has 1 saturated carbocycles. The Morgan fingerprint density at radius 3 is 2.56 bits per heavy atom. The number of nitrogens with one attached hydrogen (secondary N) is 1. The number of aromatic amines is 1. The summed E-state index contributed by atoms with van der Waals surface area (Å²) in [5.74, 6) is 1.55. The first-order valence-electron chi connectivity index (χ1n) is 10.0. The number of piperazine rings is 1. The summed E-state index contributed by atoms with van der Waals surface area (Å²) in [5, 5.41) is 7.32. The fraction of sp³-hybridized carbons (Fsp3) is 0.600. The van der Waals surface area contributed by atoms with Crippen LogP contribution in [0.3, 0.4) is 0 Å². The van der Waals surface area contributed by atoms with E-state index in [1.807, 2.05) is 11.8 Å². The van der Waals surface area contributed by atoms with Crippen molar-refractivity contribution in [3.8, 4) is 0 Å². The molecule has 2 aliphatic rings. The van der Waals surface area contributed by atoms with Crippen molar-refractivity contribution in [1.29, 1.82) is 0 Å². The molecule has 1 aliphatic carbocycles. The lowest BCUT2D eigenvalue weighted by atomic mass is 9.85. The number of aromatic nitrogens is 4. The molecule has 1 saturated heterocycles. The molecule has 4 rings (SSSR count). The van der Waals surface area contributed by atoms with E-state index in [0.717, 1.165) is 54.3 Å². The molecule has 2 fully saturated rings. The van der Waals surface area contributed by atoms with Gasteiger partial charge in [-0.1, -0.05) is 19.3 Å². The van der Waals surface area contributed by atoms with Gasteiger partial charge in [0.15, 0.2) is 0 Å². The maximum Gasteiger partial charge on any atom is 0.257 e. The zero-order valence-electron chi connectivity index (χ0n) is 16.2. The van der Waals surface area contributed by atoms with Gasteiger partial charge in [-0.15, -0.1) is 0 Å². The van der Waals surface area contributed by atoms with E-state index in [4.69, 9.17) is 0 Å². The Balaban J connectivity index is 1.44. The van der Waals surface area contributed by atoms with Gasteiger partial charge >= 0.3 is 0 Å². The molecule has 2 aromatic heterocycles. The minimum atomic E-state index is 0.111. The molecule has 0 bridgehead atoms. The van der Waals surface area contributed by atoms with Gasteiger partial charge < -0.3 is 9.80 Å². The second kappa shape index (κ2) is 7.66. The fourth-order valence-corrected chi connectivity index (χ4v) is 4.31. The van der Waals surface area contributed by atoms with Gasteiger partial charge in [0.1, 0.15) is 12.1 Å². The molecule has 2 aromatic rings. The van der Waals surface area contributed by atoms with Crippen LogP contribution < -0.4 is 4.90 Å². The molecule has 0 radical (unpaired) electrons. The fourth-order valence-electron chi connectivity index (χ4n) is 4.31. The lowest BCUT2D eigenvalue weighted by Crippen LogP contribution is -2.49. The summed E-state index contributed by atoms with van der Waals surface area (Å²) < 4.78 is 0. The highest BCUT2D eigenvalue weighted by atomic mass is 16.2. The SMILES string of the molecule is Cc1ncnc(N2CCN(C(=O)c3cn[nH]c3C3CCCCC3)CC2)c1C. The number of aryl methyl sites for hydroxylation is 1. The molecule has 0 unspecified atom stereocenters. The van der Waals surface area contributed by atoms with Crippen LogP contribution in [0.2, 0.25) is 0 Å². The van der Waals surface area contributed by atoms with Crippen LogP contribution in [0.4, 0.5) is 5.82 Å². The third-order valence-corrected chi connectivity index (χ3v) is 6.09. The lowest BCUT2D eigenvalue weighted by molar-refractivity contribution is 0.0744. The second-order valence-corrected chi connectivity index (χ2v) is 7.72. The van der Waals surface area contributed by atoms with Gasteiger partial charge in [-0.3, -0.25) is 9.89 Å². The zero-order chi connectivity index (χ0) is 18.8. The van der Waals surface area contributed by atoms with E-state index in [2.05, 4.69) is 32.0 Å². The van der Waals surface area contributed by atoms with E-state index in [1.165, 1.54) is 19.3 Å². The van der Waals surface area contributed by atoms with Crippen molar-refractivity contribution < 1.29 is 4.79 Å². The van der Waals surface area contributed by atoms with Crippen LogP contribution in [0.1, 0.15) is 65.3 Å². The molecule has 144 valence electrons. The maximum absolute atomic E-state index is 13.1. The van der Waals surface area contributed by atoms with Gasteiger partial charge in [0.2, 0.25) is 0 Å². The quantitative estimate of drug-likeness (QED) is 0.901. The Labute approximate surface area is 160 Å². The van der Waals surface area contributed by atoms with Gasteiger partial charge in [-0.25, -0.2) is 9.97 Å². The van der Waals surface area contributed by atoms with Crippen LogP contribution in [-0.4, -0.2) is 57.2 Å². The van der Waals surface area contributed by atoms with Crippen LogP contribution in [0, 0.1) is 13.8 Å². The van der Waals surface area contributed by atoms with E-state index >= 15 is 0 Å². The van der Waals surface area contributed by atoms with Gasteiger partial charge in [0, 0.05) is 43.4 Å². The second-order valence-electron chi connectivity index (χ2n) is 7.72. The highest BCUT2D eigenvalue weighted by molar-refractivity contribution is 5.95. The molecule has 27 heavy (non-hydrogen) atoms. The normalized spacial score (nSPS) is 18.7. The molecule has 7 nitrogen and oxygen atoms in total. The van der Waals surface area contributed by atoms with Crippen molar-refractivity contribution >= 4 is 11.7 Å². The average Bonchev–Trinajstić information content (AvgIpc) is 3.20. The summed E-state index contributed by atoms with van der Waals surface area (Å²) in [6, 6.07) is 0. The van der Waals surface area contributed by atoms with Gasteiger partial charge in [0.25, 0.3) is 5.91 Å². The number of amides is 1. The number of H-pyrrole nitrogens is 1. The van der Waals surface area contributed by atoms with E-state index in [-0.39, 0.29) is 5.91 Å². The summed E-state index contributed by atoms with van der Waals surface area (Å²) in [6.07, 6.45) is 9.44. The number of rotatable bonds is 3. The lowest BCUT2D eigenvalue weighted by Gasteiger charge is -2.36. The standard InChI is InChI=1S/C20H28N6O/c1-14-15(2)21-13-22-19(14)25-8-10-26(11-9-25)20(27)17-12-23-24-18(17)16-6-4-3-5-7-16/h12-13,16H,3-11H2,1-2H3,(H,23,24). The zero-order valence-corrected chi connectivity index (χ0v) is 16.2. The molecule has 1 amide bonds. The molecule has 3 heterocycles. The average molecular weight is 368 g/mol. The molecule has 7 heteroatoms. The van der Waals surface area contributed by atoms with Crippen molar-refractivity contribution in [2.75, 3.05) is 31.1 Å². The number of carbonyl (C=O) groups is 1. The third kappa shape index (κ3) is 3.55. The molecule has 0 spiro atoms. The van der Waals surface area contributed by atoms with Crippen molar-refractivity contribution in [2.24, 2.45) is 0 Å². The van der Waals surface area contributed by atoms with Crippen LogP contribution in [0.15, 0.2) is 12.5 Å². The van der Waals surface area contributed by atoms with Gasteiger partial charge in [0.05, 0.1) is 17.5 Å². The summed E-state index contributed by atoms with van der Waals surface area (Å²) in [6.45, 7) is 7.06. The number of anilines is 1. The van der Waals surface area contributed by atoms with E-state index in [9.17, 15) is 4.79 Å². The predicted octanol–water partition coefficient (Wildman–Crippen LogP) is 2.83. The van der Waals surface area contributed by atoms with Crippen molar-refractivity contribution in [3.63, 3.8) is 0 Å². The predicted molar refractivity (Wildman–Crippen MR) is 104 cm³/mol. The molecule has 0 aromatic carbocycles. The van der Waals surface area contributed by atoms with E-state index in [1.54, 1.807) is 12.5 Å². The summed E-state index contributed by atoms with van der Waals surface area (Å²) in [5.41, 5.74) is 3.94. The Morgan fingerprint density at radius 2 is 1.81 bits per heavy atom. The first-order chi connectivity index (χ1) is 13.1. The summed E-state index contributed by atoms with van der Waals surface area (Å²) >= 11 is 0. The Morgan fingerprint density at radius 1 is 1.07 bits per heavy atom. The van der Waals surface area contributed by atoms with E-state index < -0.39 is 0 Å². The van der Waals surface area contributed by atoms with Crippen molar-refractivity contribution in [1.82, 2.24) is 25.1 Å². The monoisotopic (exact) mass is 368 g/mol. The number of nitrogens with zero attached hydrogens (tertiary/aromatic N) is 5.